The number of amides is 3. The van der Waals surface area contributed by atoms with Crippen LogP contribution in [0.25, 0.3) is 0 Å². The van der Waals surface area contributed by atoms with E-state index in [1.807, 2.05) is 13.8 Å². The summed E-state index contributed by atoms with van der Waals surface area (Å²) < 4.78 is 0. The Labute approximate surface area is 172 Å². The Kier molecular flexibility index (Phi) is 11.4. The molecule has 0 aromatic heterocycles. The zero-order valence-corrected chi connectivity index (χ0v) is 18.1. The zero-order valence-electron chi connectivity index (χ0n) is 18.1. The maximum atomic E-state index is 12.8. The molecule has 29 heavy (non-hydrogen) atoms. The van der Waals surface area contributed by atoms with Crippen LogP contribution >= 0.6 is 0 Å². The summed E-state index contributed by atoms with van der Waals surface area (Å²) in [4.78, 5) is 48.5. The third-order valence-electron chi connectivity index (χ3n) is 4.35. The number of aliphatic carboxylic acids is 1. The van der Waals surface area contributed by atoms with Crippen molar-refractivity contribution in [1.29, 1.82) is 0 Å². The molecule has 7 N–H and O–H groups in total. The summed E-state index contributed by atoms with van der Waals surface area (Å²) in [5.74, 6) is -3.57. The van der Waals surface area contributed by atoms with E-state index < -0.39 is 54.5 Å². The highest BCUT2D eigenvalue weighted by Gasteiger charge is 2.32. The predicted molar refractivity (Wildman–Crippen MR) is 108 cm³/mol. The molecule has 0 saturated carbocycles. The van der Waals surface area contributed by atoms with Crippen molar-refractivity contribution < 1.29 is 29.4 Å². The molecule has 3 amide bonds. The maximum absolute atomic E-state index is 12.8. The molecular weight excluding hydrogens is 380 g/mol. The minimum atomic E-state index is -1.48. The standard InChI is InChI=1S/C19H36N4O6/c1-9(2)7-12(20)16(25)22-15(11(5)6)18(27)23-14(10(3)4)17(26)21-13(8-24)19(28)29/h9-15,24H,7-8,20H2,1-6H3,(H,21,26)(H,22,25)(H,23,27)(H,28,29). The van der Waals surface area contributed by atoms with Crippen molar-refractivity contribution in [2.75, 3.05) is 6.61 Å². The van der Waals surface area contributed by atoms with Crippen LogP contribution in [0.4, 0.5) is 0 Å². The number of carboxylic acids is 1. The Balaban J connectivity index is 5.25. The van der Waals surface area contributed by atoms with Gasteiger partial charge in [-0.25, -0.2) is 4.79 Å². The zero-order chi connectivity index (χ0) is 22.9. The second-order valence-electron chi connectivity index (χ2n) is 8.28. The van der Waals surface area contributed by atoms with Crippen molar-refractivity contribution in [3.63, 3.8) is 0 Å². The van der Waals surface area contributed by atoms with Gasteiger partial charge in [0.25, 0.3) is 0 Å². The third kappa shape index (κ3) is 9.23. The van der Waals surface area contributed by atoms with Crippen LogP contribution in [-0.2, 0) is 19.2 Å². The van der Waals surface area contributed by atoms with Crippen molar-refractivity contribution in [2.45, 2.75) is 72.1 Å². The number of nitrogens with two attached hydrogens (primary N) is 1. The van der Waals surface area contributed by atoms with E-state index in [1.165, 1.54) is 0 Å². The summed E-state index contributed by atoms with van der Waals surface area (Å²) >= 11 is 0. The molecule has 0 rings (SSSR count). The first-order valence-corrected chi connectivity index (χ1v) is 9.82. The van der Waals surface area contributed by atoms with E-state index in [0.29, 0.717) is 6.42 Å². The van der Waals surface area contributed by atoms with Gasteiger partial charge in [0.1, 0.15) is 18.1 Å². The SMILES string of the molecule is CC(C)CC(N)C(=O)NC(C(=O)NC(C(=O)NC(CO)C(=O)O)C(C)C)C(C)C. The molecule has 4 unspecified atom stereocenters. The quantitative estimate of drug-likeness (QED) is 0.242. The Morgan fingerprint density at radius 3 is 1.55 bits per heavy atom. The number of nitrogens with one attached hydrogen (secondary N) is 3. The molecular formula is C19H36N4O6. The Morgan fingerprint density at radius 2 is 1.21 bits per heavy atom. The molecule has 10 nitrogen and oxygen atoms in total. The molecule has 0 aromatic rings. The molecule has 0 spiro atoms. The summed E-state index contributed by atoms with van der Waals surface area (Å²) in [6.07, 6.45) is 0.465. The van der Waals surface area contributed by atoms with Gasteiger partial charge in [-0.3, -0.25) is 14.4 Å². The van der Waals surface area contributed by atoms with Crippen LogP contribution in [0.1, 0.15) is 48.0 Å². The van der Waals surface area contributed by atoms with Crippen molar-refractivity contribution in [3.8, 4) is 0 Å². The second-order valence-corrected chi connectivity index (χ2v) is 8.28. The number of carbonyl (C=O) groups is 4. The summed E-state index contributed by atoms with van der Waals surface area (Å²) in [5.41, 5.74) is 5.88. The van der Waals surface area contributed by atoms with Crippen LogP contribution in [0.15, 0.2) is 0 Å². The highest BCUT2D eigenvalue weighted by Crippen LogP contribution is 2.09. The molecule has 0 aliphatic heterocycles. The molecule has 0 saturated heterocycles. The lowest BCUT2D eigenvalue weighted by molar-refractivity contribution is -0.143. The lowest BCUT2D eigenvalue weighted by atomic mass is 9.98. The average molecular weight is 417 g/mol. The number of carboxylic acid groups (broad SMARTS) is 1. The molecule has 0 aromatic carbocycles. The van der Waals surface area contributed by atoms with Crippen molar-refractivity contribution in [2.24, 2.45) is 23.5 Å². The Bertz CT molecular complexity index is 579. The van der Waals surface area contributed by atoms with Gasteiger partial charge >= 0.3 is 5.97 Å². The van der Waals surface area contributed by atoms with Gasteiger partial charge in [0.2, 0.25) is 17.7 Å². The summed E-state index contributed by atoms with van der Waals surface area (Å²) in [6.45, 7) is 9.94. The van der Waals surface area contributed by atoms with Gasteiger partial charge in [-0.05, 0) is 24.2 Å². The fourth-order valence-electron chi connectivity index (χ4n) is 2.64. The summed E-state index contributed by atoms with van der Waals surface area (Å²) in [5, 5.41) is 25.5. The number of hydrogen-bond acceptors (Lipinski definition) is 6. The van der Waals surface area contributed by atoms with Crippen LogP contribution in [0.5, 0.6) is 0 Å². The molecule has 0 fully saturated rings. The first kappa shape index (κ1) is 26.8. The largest absolute Gasteiger partial charge is 0.480 e. The van der Waals surface area contributed by atoms with Crippen molar-refractivity contribution in [1.82, 2.24) is 16.0 Å². The maximum Gasteiger partial charge on any atom is 0.328 e. The molecule has 0 bridgehead atoms. The highest BCUT2D eigenvalue weighted by molar-refractivity contribution is 5.94. The fourth-order valence-corrected chi connectivity index (χ4v) is 2.64. The number of rotatable bonds is 12. The average Bonchev–Trinajstić information content (AvgIpc) is 2.59. The molecule has 168 valence electrons. The summed E-state index contributed by atoms with van der Waals surface area (Å²) in [6, 6.07) is -4.19. The topological polar surface area (TPSA) is 171 Å². The van der Waals surface area contributed by atoms with Crippen LogP contribution in [0.3, 0.4) is 0 Å². The molecule has 0 heterocycles. The minimum Gasteiger partial charge on any atom is -0.480 e. The molecule has 10 heteroatoms. The first-order chi connectivity index (χ1) is 13.3. The number of aliphatic hydroxyl groups excluding tert-OH is 1. The summed E-state index contributed by atoms with van der Waals surface area (Å²) in [7, 11) is 0. The molecule has 4 atom stereocenters. The van der Waals surface area contributed by atoms with Crippen LogP contribution in [0, 0.1) is 17.8 Å². The molecule has 0 radical (unpaired) electrons. The second kappa shape index (κ2) is 12.4. The monoisotopic (exact) mass is 416 g/mol. The minimum absolute atomic E-state index is 0.213. The van der Waals surface area contributed by atoms with E-state index in [2.05, 4.69) is 16.0 Å². The Hall–Kier alpha value is -2.20. The highest BCUT2D eigenvalue weighted by atomic mass is 16.4. The van der Waals surface area contributed by atoms with Crippen LogP contribution < -0.4 is 21.7 Å². The normalized spacial score (nSPS) is 15.6. The predicted octanol–water partition coefficient (Wildman–Crippen LogP) is -0.797. The van der Waals surface area contributed by atoms with Gasteiger partial charge in [0, 0.05) is 0 Å². The van der Waals surface area contributed by atoms with E-state index in [-0.39, 0.29) is 17.8 Å². The van der Waals surface area contributed by atoms with Gasteiger partial charge < -0.3 is 31.9 Å². The number of aliphatic hydroxyl groups is 1. The van der Waals surface area contributed by atoms with Gasteiger partial charge in [-0.2, -0.15) is 0 Å². The lowest BCUT2D eigenvalue weighted by Crippen LogP contribution is -2.59. The Morgan fingerprint density at radius 1 is 0.793 bits per heavy atom. The molecule has 0 aliphatic rings. The van der Waals surface area contributed by atoms with Crippen LogP contribution in [-0.4, -0.2) is 64.7 Å². The van der Waals surface area contributed by atoms with E-state index in [0.717, 1.165) is 0 Å². The van der Waals surface area contributed by atoms with Gasteiger partial charge in [0.15, 0.2) is 0 Å². The third-order valence-corrected chi connectivity index (χ3v) is 4.35. The smallest absolute Gasteiger partial charge is 0.328 e. The lowest BCUT2D eigenvalue weighted by Gasteiger charge is -2.28. The fraction of sp³-hybridized carbons (Fsp3) is 0.789. The van der Waals surface area contributed by atoms with Gasteiger partial charge in [0.05, 0.1) is 12.6 Å². The van der Waals surface area contributed by atoms with E-state index in [4.69, 9.17) is 15.9 Å². The van der Waals surface area contributed by atoms with Crippen LogP contribution in [0.2, 0.25) is 0 Å². The van der Waals surface area contributed by atoms with E-state index in [9.17, 15) is 19.2 Å². The van der Waals surface area contributed by atoms with Crippen molar-refractivity contribution in [3.05, 3.63) is 0 Å². The number of hydrogen-bond donors (Lipinski definition) is 6. The van der Waals surface area contributed by atoms with E-state index in [1.54, 1.807) is 27.7 Å². The molecule has 0 aliphatic carbocycles. The van der Waals surface area contributed by atoms with Gasteiger partial charge in [-0.15, -0.1) is 0 Å². The van der Waals surface area contributed by atoms with Crippen molar-refractivity contribution >= 4 is 23.7 Å². The first-order valence-electron chi connectivity index (χ1n) is 9.82. The van der Waals surface area contributed by atoms with Gasteiger partial charge in [-0.1, -0.05) is 41.5 Å². The number of carbonyl (C=O) groups excluding carboxylic acids is 3. The van der Waals surface area contributed by atoms with E-state index >= 15 is 0 Å².